The van der Waals surface area contributed by atoms with Crippen molar-refractivity contribution in [3.05, 3.63) is 23.8 Å². The van der Waals surface area contributed by atoms with Crippen LogP contribution in [0.4, 0.5) is 5.69 Å². The van der Waals surface area contributed by atoms with E-state index in [0.29, 0.717) is 30.5 Å². The molecule has 0 spiro atoms. The van der Waals surface area contributed by atoms with Gasteiger partial charge in [-0.1, -0.05) is 6.07 Å². The van der Waals surface area contributed by atoms with Gasteiger partial charge >= 0.3 is 0 Å². The first-order valence-corrected chi connectivity index (χ1v) is 7.68. The maximum absolute atomic E-state index is 11.2. The van der Waals surface area contributed by atoms with Crippen LogP contribution in [0, 0.1) is 0 Å². The second-order valence-electron chi connectivity index (χ2n) is 5.43. The molecule has 8 heteroatoms. The highest BCUT2D eigenvalue weighted by Gasteiger charge is 2.14. The maximum Gasteiger partial charge on any atom is 0.221 e. The summed E-state index contributed by atoms with van der Waals surface area (Å²) >= 11 is 0. The number of benzene rings is 1. The Bertz CT molecular complexity index is 574. The maximum atomic E-state index is 11.2. The first-order chi connectivity index (χ1) is 11.1. The standard InChI is InChI=1S/C16H24N4O3.HI/c1-11(21)20-14-8-12(5-6-15(14)22-2)9-18-16(17)19-10-13-4-3-7-23-13;/h5-6,8,13H,3-4,7,9-10H2,1-2H3,(H,20,21)(H3,17,18,19);1H. The van der Waals surface area contributed by atoms with Crippen LogP contribution in [-0.4, -0.2) is 38.2 Å². The van der Waals surface area contributed by atoms with Crippen molar-refractivity contribution in [2.75, 3.05) is 25.6 Å². The van der Waals surface area contributed by atoms with E-state index in [-0.39, 0.29) is 36.0 Å². The van der Waals surface area contributed by atoms with Gasteiger partial charge < -0.3 is 25.8 Å². The molecule has 0 radical (unpaired) electrons. The second kappa shape index (κ2) is 10.3. The zero-order valence-electron chi connectivity index (χ0n) is 14.0. The SMILES string of the molecule is COc1ccc(CN=C(N)NCC2CCCO2)cc1NC(C)=O.I. The summed E-state index contributed by atoms with van der Waals surface area (Å²) in [7, 11) is 1.56. The van der Waals surface area contributed by atoms with Crippen molar-refractivity contribution in [1.82, 2.24) is 5.32 Å². The topological polar surface area (TPSA) is 98.0 Å². The van der Waals surface area contributed by atoms with Crippen molar-refractivity contribution < 1.29 is 14.3 Å². The van der Waals surface area contributed by atoms with Gasteiger partial charge in [0.1, 0.15) is 5.75 Å². The first kappa shape index (κ1) is 20.5. The third kappa shape index (κ3) is 6.52. The fourth-order valence-corrected chi connectivity index (χ4v) is 2.40. The number of guanidine groups is 1. The molecule has 7 nitrogen and oxygen atoms in total. The van der Waals surface area contributed by atoms with Crippen molar-refractivity contribution in [2.45, 2.75) is 32.4 Å². The Kier molecular flexibility index (Phi) is 8.83. The highest BCUT2D eigenvalue weighted by atomic mass is 127. The van der Waals surface area contributed by atoms with Gasteiger partial charge in [-0.25, -0.2) is 4.99 Å². The minimum absolute atomic E-state index is 0. The number of nitrogens with zero attached hydrogens (tertiary/aromatic N) is 1. The van der Waals surface area contributed by atoms with E-state index in [0.717, 1.165) is 25.0 Å². The molecule has 2 rings (SSSR count). The van der Waals surface area contributed by atoms with Gasteiger partial charge in [-0.05, 0) is 30.5 Å². The Labute approximate surface area is 159 Å². The molecule has 134 valence electrons. The zero-order valence-corrected chi connectivity index (χ0v) is 16.3. The summed E-state index contributed by atoms with van der Waals surface area (Å²) in [5.74, 6) is 0.844. The Morgan fingerprint density at radius 2 is 2.29 bits per heavy atom. The van der Waals surface area contributed by atoms with Crippen LogP contribution in [0.25, 0.3) is 0 Å². The highest BCUT2D eigenvalue weighted by molar-refractivity contribution is 14.0. The van der Waals surface area contributed by atoms with Gasteiger partial charge in [0.05, 0.1) is 25.4 Å². The lowest BCUT2D eigenvalue weighted by atomic mass is 10.2. The summed E-state index contributed by atoms with van der Waals surface area (Å²) < 4.78 is 10.7. The molecule has 0 saturated carbocycles. The molecule has 1 atom stereocenters. The van der Waals surface area contributed by atoms with Crippen molar-refractivity contribution in [2.24, 2.45) is 10.7 Å². The molecule has 1 aromatic carbocycles. The number of carbonyl (C=O) groups is 1. The molecular weight excluding hydrogens is 423 g/mol. The van der Waals surface area contributed by atoms with Crippen LogP contribution in [0.15, 0.2) is 23.2 Å². The van der Waals surface area contributed by atoms with Gasteiger partial charge in [0.2, 0.25) is 5.91 Å². The molecule has 24 heavy (non-hydrogen) atoms. The van der Waals surface area contributed by atoms with Gasteiger partial charge in [-0.3, -0.25) is 4.79 Å². The number of carbonyl (C=O) groups excluding carboxylic acids is 1. The van der Waals surface area contributed by atoms with Crippen molar-refractivity contribution >= 4 is 41.5 Å². The minimum Gasteiger partial charge on any atom is -0.495 e. The van der Waals surface area contributed by atoms with Crippen molar-refractivity contribution in [3.63, 3.8) is 0 Å². The number of nitrogens with two attached hydrogens (primary N) is 1. The van der Waals surface area contributed by atoms with E-state index in [1.807, 2.05) is 12.1 Å². The molecule has 4 N–H and O–H groups in total. The number of amides is 1. The molecule has 1 aliphatic rings. The molecule has 1 fully saturated rings. The monoisotopic (exact) mass is 448 g/mol. The Balaban J connectivity index is 0.00000288. The van der Waals surface area contributed by atoms with E-state index in [1.54, 1.807) is 13.2 Å². The first-order valence-electron chi connectivity index (χ1n) is 7.68. The lowest BCUT2D eigenvalue weighted by Gasteiger charge is -2.12. The number of nitrogens with one attached hydrogen (secondary N) is 2. The summed E-state index contributed by atoms with van der Waals surface area (Å²) in [5, 5.41) is 5.81. The average molecular weight is 448 g/mol. The third-order valence-corrected chi connectivity index (χ3v) is 3.54. The van der Waals surface area contributed by atoms with E-state index < -0.39 is 0 Å². The molecule has 1 aromatic rings. The van der Waals surface area contributed by atoms with E-state index in [9.17, 15) is 4.79 Å². The molecule has 1 unspecified atom stereocenters. The predicted molar refractivity (Wildman–Crippen MR) is 105 cm³/mol. The quantitative estimate of drug-likeness (QED) is 0.351. The minimum atomic E-state index is -0.151. The smallest absolute Gasteiger partial charge is 0.221 e. The van der Waals surface area contributed by atoms with E-state index >= 15 is 0 Å². The van der Waals surface area contributed by atoms with Crippen molar-refractivity contribution in [1.29, 1.82) is 0 Å². The van der Waals surface area contributed by atoms with E-state index in [2.05, 4.69) is 15.6 Å². The number of methoxy groups -OCH3 is 1. The molecular formula is C16H25IN4O3. The van der Waals surface area contributed by atoms with Crippen LogP contribution in [0.3, 0.4) is 0 Å². The predicted octanol–water partition coefficient (Wildman–Crippen LogP) is 1.85. The molecule has 1 heterocycles. The van der Waals surface area contributed by atoms with Gasteiger partial charge in [0.15, 0.2) is 5.96 Å². The van der Waals surface area contributed by atoms with Gasteiger partial charge in [0, 0.05) is 20.1 Å². The van der Waals surface area contributed by atoms with Gasteiger partial charge in [-0.15, -0.1) is 24.0 Å². The summed E-state index contributed by atoms with van der Waals surface area (Å²) in [5.41, 5.74) is 7.41. The van der Waals surface area contributed by atoms with Gasteiger partial charge in [0.25, 0.3) is 0 Å². The van der Waals surface area contributed by atoms with Crippen LogP contribution in [0.2, 0.25) is 0 Å². The summed E-state index contributed by atoms with van der Waals surface area (Å²) in [4.78, 5) is 15.5. The zero-order chi connectivity index (χ0) is 16.7. The highest BCUT2D eigenvalue weighted by Crippen LogP contribution is 2.25. The summed E-state index contributed by atoms with van der Waals surface area (Å²) in [6.07, 6.45) is 2.37. The molecule has 0 aliphatic carbocycles. The van der Waals surface area contributed by atoms with Crippen LogP contribution >= 0.6 is 24.0 Å². The number of anilines is 1. The largest absolute Gasteiger partial charge is 0.495 e. The number of ether oxygens (including phenoxy) is 2. The van der Waals surface area contributed by atoms with E-state index in [1.165, 1.54) is 6.92 Å². The second-order valence-corrected chi connectivity index (χ2v) is 5.43. The number of hydrogen-bond acceptors (Lipinski definition) is 4. The Morgan fingerprint density at radius 3 is 2.92 bits per heavy atom. The van der Waals surface area contributed by atoms with Gasteiger partial charge in [-0.2, -0.15) is 0 Å². The summed E-state index contributed by atoms with van der Waals surface area (Å²) in [6, 6.07) is 5.52. The van der Waals surface area contributed by atoms with Crippen LogP contribution in [0.5, 0.6) is 5.75 Å². The van der Waals surface area contributed by atoms with Crippen LogP contribution < -0.4 is 21.1 Å². The van der Waals surface area contributed by atoms with E-state index in [4.69, 9.17) is 15.2 Å². The number of aliphatic imine (C=N–C) groups is 1. The lowest BCUT2D eigenvalue weighted by Crippen LogP contribution is -2.37. The number of hydrogen-bond donors (Lipinski definition) is 3. The Morgan fingerprint density at radius 1 is 1.50 bits per heavy atom. The molecule has 0 aromatic heterocycles. The Hall–Kier alpha value is -1.55. The average Bonchev–Trinajstić information content (AvgIpc) is 3.04. The van der Waals surface area contributed by atoms with Crippen molar-refractivity contribution in [3.8, 4) is 5.75 Å². The third-order valence-electron chi connectivity index (χ3n) is 3.54. The lowest BCUT2D eigenvalue weighted by molar-refractivity contribution is -0.114. The molecule has 1 amide bonds. The van der Waals surface area contributed by atoms with Crippen LogP contribution in [-0.2, 0) is 16.1 Å². The fraction of sp³-hybridized carbons (Fsp3) is 0.500. The number of rotatable bonds is 6. The molecule has 1 aliphatic heterocycles. The molecule has 0 bridgehead atoms. The summed E-state index contributed by atoms with van der Waals surface area (Å²) in [6.45, 7) is 3.37. The fourth-order valence-electron chi connectivity index (χ4n) is 2.40. The molecule has 1 saturated heterocycles. The van der Waals surface area contributed by atoms with Crippen LogP contribution in [0.1, 0.15) is 25.3 Å². The normalized spacial score (nSPS) is 17.1. The number of halogens is 1.